The summed E-state index contributed by atoms with van der Waals surface area (Å²) in [5.41, 5.74) is 0. The second-order valence-electron chi connectivity index (χ2n) is 4.91. The van der Waals surface area contributed by atoms with E-state index >= 15 is 0 Å². The zero-order chi connectivity index (χ0) is 12.2. The summed E-state index contributed by atoms with van der Waals surface area (Å²) in [7, 11) is -2.77. The summed E-state index contributed by atoms with van der Waals surface area (Å²) >= 11 is 4.23. The van der Waals surface area contributed by atoms with Gasteiger partial charge in [0.25, 0.3) is 0 Å². The van der Waals surface area contributed by atoms with E-state index in [1.807, 2.05) is 6.92 Å². The van der Waals surface area contributed by atoms with Crippen LogP contribution in [0.4, 0.5) is 0 Å². The molecule has 2 atom stereocenters. The lowest BCUT2D eigenvalue weighted by atomic mass is 10.0. The van der Waals surface area contributed by atoms with Crippen LogP contribution in [0, 0.1) is 5.92 Å². The molecule has 0 radical (unpaired) electrons. The second-order valence-corrected chi connectivity index (χ2v) is 7.58. The van der Waals surface area contributed by atoms with Crippen molar-refractivity contribution >= 4 is 22.5 Å². The second kappa shape index (κ2) is 6.26. The highest BCUT2D eigenvalue weighted by Gasteiger charge is 2.27. The minimum Gasteiger partial charge on any atom is -0.299 e. The molecule has 0 spiro atoms. The van der Waals surface area contributed by atoms with E-state index in [0.717, 1.165) is 25.1 Å². The van der Waals surface area contributed by atoms with Crippen LogP contribution in [-0.4, -0.2) is 49.7 Å². The van der Waals surface area contributed by atoms with Gasteiger partial charge in [0.1, 0.15) is 0 Å². The molecule has 0 aromatic rings. The smallest absolute Gasteiger partial charge is 0.153 e. The molecule has 96 valence electrons. The fourth-order valence-corrected chi connectivity index (χ4v) is 4.18. The third kappa shape index (κ3) is 4.63. The van der Waals surface area contributed by atoms with Crippen molar-refractivity contribution < 1.29 is 8.42 Å². The van der Waals surface area contributed by atoms with Gasteiger partial charge >= 0.3 is 0 Å². The first kappa shape index (κ1) is 14.3. The third-order valence-corrected chi connectivity index (χ3v) is 5.39. The molecule has 0 amide bonds. The molecule has 0 aromatic heterocycles. The molecule has 1 aliphatic heterocycles. The molecule has 1 saturated heterocycles. The Hall–Kier alpha value is 0.260. The van der Waals surface area contributed by atoms with Gasteiger partial charge in [-0.3, -0.25) is 4.90 Å². The largest absolute Gasteiger partial charge is 0.299 e. The molecule has 1 aliphatic rings. The third-order valence-electron chi connectivity index (χ3n) is 3.34. The van der Waals surface area contributed by atoms with Gasteiger partial charge in [-0.15, -0.1) is 0 Å². The Morgan fingerprint density at radius 2 is 2.12 bits per heavy atom. The van der Waals surface area contributed by atoms with Crippen molar-refractivity contribution in [2.24, 2.45) is 5.92 Å². The minimum absolute atomic E-state index is 0.182. The van der Waals surface area contributed by atoms with Gasteiger partial charge in [0.15, 0.2) is 9.84 Å². The van der Waals surface area contributed by atoms with E-state index < -0.39 is 9.84 Å². The molecule has 0 aliphatic carbocycles. The monoisotopic (exact) mass is 265 g/mol. The fraction of sp³-hybridized carbons (Fsp3) is 1.00. The van der Waals surface area contributed by atoms with Crippen LogP contribution in [0.3, 0.4) is 0 Å². The van der Waals surface area contributed by atoms with Gasteiger partial charge in [0.2, 0.25) is 0 Å². The summed E-state index contributed by atoms with van der Waals surface area (Å²) < 4.78 is 22.8. The predicted molar refractivity (Wildman–Crippen MR) is 71.9 cm³/mol. The van der Waals surface area contributed by atoms with Gasteiger partial charge in [-0.25, -0.2) is 8.42 Å². The van der Waals surface area contributed by atoms with Gasteiger partial charge in [0, 0.05) is 12.6 Å². The van der Waals surface area contributed by atoms with Gasteiger partial charge in [-0.05, 0) is 38.0 Å². The summed E-state index contributed by atoms with van der Waals surface area (Å²) in [4.78, 5) is 2.30. The van der Waals surface area contributed by atoms with E-state index in [0.29, 0.717) is 24.0 Å². The van der Waals surface area contributed by atoms with E-state index in [2.05, 4.69) is 24.5 Å². The van der Waals surface area contributed by atoms with Crippen LogP contribution in [-0.2, 0) is 9.84 Å². The van der Waals surface area contributed by atoms with Crippen LogP contribution in [0.1, 0.15) is 26.7 Å². The predicted octanol–water partition coefficient (Wildman–Crippen LogP) is 1.45. The Bertz CT molecular complexity index is 303. The van der Waals surface area contributed by atoms with E-state index in [9.17, 15) is 8.42 Å². The molecule has 1 heterocycles. The molecule has 0 saturated carbocycles. The molecule has 0 N–H and O–H groups in total. The van der Waals surface area contributed by atoms with Crippen LogP contribution in [0.25, 0.3) is 0 Å². The maximum Gasteiger partial charge on any atom is 0.153 e. The zero-order valence-electron chi connectivity index (χ0n) is 10.2. The fourth-order valence-electron chi connectivity index (χ4n) is 2.12. The van der Waals surface area contributed by atoms with Crippen LogP contribution >= 0.6 is 12.6 Å². The highest BCUT2D eigenvalue weighted by Crippen LogP contribution is 2.15. The van der Waals surface area contributed by atoms with Gasteiger partial charge in [0.05, 0.1) is 11.5 Å². The molecule has 2 unspecified atom stereocenters. The van der Waals surface area contributed by atoms with Crippen molar-refractivity contribution in [2.45, 2.75) is 32.7 Å². The SMILES string of the molecule is CC(CCS)CCN1CCS(=O)(=O)CC1C. The van der Waals surface area contributed by atoms with Crippen molar-refractivity contribution in [3.63, 3.8) is 0 Å². The van der Waals surface area contributed by atoms with Crippen LogP contribution < -0.4 is 0 Å². The number of hydrogen-bond acceptors (Lipinski definition) is 4. The normalized spacial score (nSPS) is 27.8. The molecule has 1 fully saturated rings. The van der Waals surface area contributed by atoms with Crippen molar-refractivity contribution in [3.05, 3.63) is 0 Å². The molecular weight excluding hydrogens is 242 g/mol. The number of nitrogens with zero attached hydrogens (tertiary/aromatic N) is 1. The van der Waals surface area contributed by atoms with Crippen molar-refractivity contribution in [1.29, 1.82) is 0 Å². The maximum atomic E-state index is 11.4. The first-order chi connectivity index (χ1) is 7.44. The Labute approximate surface area is 105 Å². The zero-order valence-corrected chi connectivity index (χ0v) is 11.9. The first-order valence-electron chi connectivity index (χ1n) is 6.00. The van der Waals surface area contributed by atoms with Crippen LogP contribution in [0.2, 0.25) is 0 Å². The molecule has 5 heteroatoms. The average molecular weight is 265 g/mol. The molecule has 3 nitrogen and oxygen atoms in total. The molecule has 16 heavy (non-hydrogen) atoms. The van der Waals surface area contributed by atoms with Gasteiger partial charge < -0.3 is 0 Å². The number of hydrogen-bond donors (Lipinski definition) is 1. The van der Waals surface area contributed by atoms with Crippen molar-refractivity contribution in [2.75, 3.05) is 30.3 Å². The molecule has 1 rings (SSSR count). The topological polar surface area (TPSA) is 37.4 Å². The Balaban J connectivity index is 2.33. The van der Waals surface area contributed by atoms with Crippen molar-refractivity contribution in [3.8, 4) is 0 Å². The van der Waals surface area contributed by atoms with Gasteiger partial charge in [-0.1, -0.05) is 6.92 Å². The highest BCUT2D eigenvalue weighted by molar-refractivity contribution is 7.91. The van der Waals surface area contributed by atoms with Gasteiger partial charge in [-0.2, -0.15) is 12.6 Å². The van der Waals surface area contributed by atoms with E-state index in [4.69, 9.17) is 0 Å². The summed E-state index contributed by atoms with van der Waals surface area (Å²) in [6.45, 7) is 5.98. The average Bonchev–Trinajstić information content (AvgIpc) is 2.15. The first-order valence-corrected chi connectivity index (χ1v) is 8.45. The standard InChI is InChI=1S/C11H23NO2S2/c1-10(4-7-15)3-5-12-6-8-16(13,14)9-11(12)2/h10-11,15H,3-9H2,1-2H3. The minimum atomic E-state index is -2.77. The van der Waals surface area contributed by atoms with Crippen LogP contribution in [0.5, 0.6) is 0 Å². The summed E-state index contributed by atoms with van der Waals surface area (Å²) in [6.07, 6.45) is 2.29. The summed E-state index contributed by atoms with van der Waals surface area (Å²) in [5, 5.41) is 0. The maximum absolute atomic E-state index is 11.4. The lowest BCUT2D eigenvalue weighted by molar-refractivity contribution is 0.211. The van der Waals surface area contributed by atoms with Crippen molar-refractivity contribution in [1.82, 2.24) is 4.90 Å². The molecule has 0 bridgehead atoms. The Kier molecular flexibility index (Phi) is 5.61. The molecule has 0 aromatic carbocycles. The van der Waals surface area contributed by atoms with Crippen LogP contribution in [0.15, 0.2) is 0 Å². The quantitative estimate of drug-likeness (QED) is 0.765. The Morgan fingerprint density at radius 1 is 1.44 bits per heavy atom. The summed E-state index contributed by atoms with van der Waals surface area (Å²) in [5.74, 6) is 2.28. The number of rotatable bonds is 5. The van der Waals surface area contributed by atoms with E-state index in [-0.39, 0.29) is 6.04 Å². The van der Waals surface area contributed by atoms with E-state index in [1.165, 1.54) is 0 Å². The summed E-state index contributed by atoms with van der Waals surface area (Å²) in [6, 6.07) is 0.182. The Morgan fingerprint density at radius 3 is 2.69 bits per heavy atom. The van der Waals surface area contributed by atoms with E-state index in [1.54, 1.807) is 0 Å². The number of thiol groups is 1. The number of sulfone groups is 1. The lowest BCUT2D eigenvalue weighted by Crippen LogP contribution is -2.47. The molecular formula is C11H23NO2S2. The highest BCUT2D eigenvalue weighted by atomic mass is 32.2. The lowest BCUT2D eigenvalue weighted by Gasteiger charge is -2.33.